The largest absolute Gasteiger partial charge is 0.416 e. The van der Waals surface area contributed by atoms with E-state index in [4.69, 9.17) is 5.26 Å². The third kappa shape index (κ3) is 4.42. The first-order chi connectivity index (χ1) is 12.7. The van der Waals surface area contributed by atoms with Crippen molar-refractivity contribution in [1.82, 2.24) is 5.32 Å². The third-order valence-corrected chi connectivity index (χ3v) is 5.43. The van der Waals surface area contributed by atoms with Crippen molar-refractivity contribution < 1.29 is 27.6 Å². The van der Waals surface area contributed by atoms with Crippen molar-refractivity contribution in [3.05, 3.63) is 23.8 Å². The predicted molar refractivity (Wildman–Crippen MR) is 89.6 cm³/mol. The minimum Gasteiger partial charge on any atom is -0.352 e. The Morgan fingerprint density at radius 1 is 1.37 bits per heavy atom. The Hall–Kier alpha value is -2.54. The molecule has 0 radical (unpaired) electrons. The van der Waals surface area contributed by atoms with Crippen LogP contribution in [0.2, 0.25) is 0 Å². The van der Waals surface area contributed by atoms with E-state index in [0.717, 1.165) is 36.7 Å². The van der Waals surface area contributed by atoms with Crippen LogP contribution in [-0.4, -0.2) is 28.9 Å². The summed E-state index contributed by atoms with van der Waals surface area (Å²) in [5.41, 5.74) is -0.871. The van der Waals surface area contributed by atoms with Gasteiger partial charge in [-0.1, -0.05) is 0 Å². The number of nitriles is 1. The highest BCUT2D eigenvalue weighted by atomic mass is 32.2. The molecule has 2 atom stereocenters. The monoisotopic (exact) mass is 397 g/mol. The van der Waals surface area contributed by atoms with E-state index in [0.29, 0.717) is 4.90 Å². The number of ketones is 1. The summed E-state index contributed by atoms with van der Waals surface area (Å²) >= 11 is 0.937. The zero-order valence-electron chi connectivity index (χ0n) is 13.8. The molecule has 2 amide bonds. The number of benzene rings is 1. The quantitative estimate of drug-likeness (QED) is 0.744. The number of hydrogen-bond acceptors (Lipinski definition) is 5. The molecule has 3 rings (SSSR count). The number of Topliss-reactive ketones (excluding diaryl/α,β-unsaturated/α-hetero) is 1. The molecule has 0 spiro atoms. The van der Waals surface area contributed by atoms with Crippen LogP contribution >= 0.6 is 11.8 Å². The third-order valence-electron chi connectivity index (χ3n) is 4.15. The summed E-state index contributed by atoms with van der Waals surface area (Å²) in [5, 5.41) is 13.1. The first-order valence-electron chi connectivity index (χ1n) is 8.10. The van der Waals surface area contributed by atoms with Gasteiger partial charge in [-0.2, -0.15) is 18.4 Å². The van der Waals surface area contributed by atoms with E-state index in [-0.39, 0.29) is 18.2 Å². The number of nitrogens with one attached hydrogen (secondary N) is 2. The molecule has 27 heavy (non-hydrogen) atoms. The van der Waals surface area contributed by atoms with Crippen molar-refractivity contribution in [3.8, 4) is 6.07 Å². The molecule has 0 aromatic heterocycles. The van der Waals surface area contributed by atoms with Crippen LogP contribution in [-0.2, 0) is 20.6 Å². The van der Waals surface area contributed by atoms with E-state index in [1.807, 2.05) is 0 Å². The maximum atomic E-state index is 12.8. The molecule has 1 saturated carbocycles. The van der Waals surface area contributed by atoms with Gasteiger partial charge in [0.2, 0.25) is 11.8 Å². The number of anilines is 1. The summed E-state index contributed by atoms with van der Waals surface area (Å²) < 4.78 is 38.3. The van der Waals surface area contributed by atoms with E-state index in [1.54, 1.807) is 6.07 Å². The highest BCUT2D eigenvalue weighted by molar-refractivity contribution is 8.01. The number of thioether (sulfide) groups is 1. The zero-order chi connectivity index (χ0) is 19.8. The molecule has 0 bridgehead atoms. The first-order valence-corrected chi connectivity index (χ1v) is 8.98. The molecule has 6 nitrogen and oxygen atoms in total. The minimum atomic E-state index is -4.54. The molecule has 2 N–H and O–H groups in total. The molecule has 1 heterocycles. The predicted octanol–water partition coefficient (Wildman–Crippen LogP) is 2.50. The van der Waals surface area contributed by atoms with Gasteiger partial charge in [0.25, 0.3) is 0 Å². The fourth-order valence-electron chi connectivity index (χ4n) is 2.55. The fourth-order valence-corrected chi connectivity index (χ4v) is 3.65. The van der Waals surface area contributed by atoms with Crippen LogP contribution in [0.15, 0.2) is 23.1 Å². The Kier molecular flexibility index (Phi) is 5.15. The van der Waals surface area contributed by atoms with Gasteiger partial charge in [-0.25, -0.2) is 0 Å². The van der Waals surface area contributed by atoms with E-state index < -0.39 is 40.5 Å². The highest BCUT2D eigenvalue weighted by Crippen LogP contribution is 2.40. The summed E-state index contributed by atoms with van der Waals surface area (Å²) in [6, 6.07) is 4.59. The molecule has 1 aliphatic heterocycles. The lowest BCUT2D eigenvalue weighted by Gasteiger charge is -2.25. The number of nitrogens with zero attached hydrogens (tertiary/aromatic N) is 1. The minimum absolute atomic E-state index is 0.0109. The Labute approximate surface area is 156 Å². The van der Waals surface area contributed by atoms with Crippen molar-refractivity contribution in [2.75, 3.05) is 5.32 Å². The highest BCUT2D eigenvalue weighted by Gasteiger charge is 2.37. The number of carbonyl (C=O) groups excluding carboxylic acids is 3. The lowest BCUT2D eigenvalue weighted by atomic mass is 10.00. The normalized spacial score (nSPS) is 20.1. The molecule has 0 unspecified atom stereocenters. The zero-order valence-corrected chi connectivity index (χ0v) is 14.6. The van der Waals surface area contributed by atoms with Gasteiger partial charge in [-0.05, 0) is 31.0 Å². The van der Waals surface area contributed by atoms with Crippen molar-refractivity contribution in [1.29, 1.82) is 5.26 Å². The summed E-state index contributed by atoms with van der Waals surface area (Å²) in [6.45, 7) is 0. The van der Waals surface area contributed by atoms with Crippen LogP contribution in [0.3, 0.4) is 0 Å². The molecule has 1 aromatic carbocycles. The molecule has 2 aliphatic rings. The second kappa shape index (κ2) is 7.23. The first kappa shape index (κ1) is 19.2. The second-order valence-corrected chi connectivity index (χ2v) is 7.56. The average molecular weight is 397 g/mol. The van der Waals surface area contributed by atoms with Gasteiger partial charge in [0.05, 0.1) is 22.6 Å². The summed E-state index contributed by atoms with van der Waals surface area (Å²) in [6.07, 6.45) is -3.30. The van der Waals surface area contributed by atoms with Gasteiger partial charge >= 0.3 is 6.18 Å². The van der Waals surface area contributed by atoms with Crippen LogP contribution in [0.25, 0.3) is 0 Å². The van der Waals surface area contributed by atoms with E-state index in [2.05, 4.69) is 10.6 Å². The van der Waals surface area contributed by atoms with Gasteiger partial charge in [0.15, 0.2) is 11.7 Å². The number of alkyl halides is 3. The van der Waals surface area contributed by atoms with Crippen LogP contribution < -0.4 is 10.6 Å². The fraction of sp³-hybridized carbons (Fsp3) is 0.412. The molecular weight excluding hydrogens is 383 g/mol. The molecule has 10 heteroatoms. The maximum absolute atomic E-state index is 12.8. The van der Waals surface area contributed by atoms with Gasteiger partial charge in [0, 0.05) is 17.4 Å². The van der Waals surface area contributed by atoms with Crippen molar-refractivity contribution in [2.24, 2.45) is 5.92 Å². The van der Waals surface area contributed by atoms with Gasteiger partial charge in [0.1, 0.15) is 0 Å². The topological polar surface area (TPSA) is 99.1 Å². The Morgan fingerprint density at radius 2 is 2.07 bits per heavy atom. The smallest absolute Gasteiger partial charge is 0.352 e. The van der Waals surface area contributed by atoms with Crippen molar-refractivity contribution in [3.63, 3.8) is 0 Å². The van der Waals surface area contributed by atoms with E-state index in [9.17, 15) is 27.6 Å². The van der Waals surface area contributed by atoms with Gasteiger partial charge in [-0.15, -0.1) is 11.8 Å². The van der Waals surface area contributed by atoms with Crippen molar-refractivity contribution in [2.45, 2.75) is 41.6 Å². The Bertz CT molecular complexity index is 846. The molecule has 0 saturated heterocycles. The van der Waals surface area contributed by atoms with Gasteiger partial charge in [-0.3, -0.25) is 14.4 Å². The molecule has 1 aromatic rings. The summed E-state index contributed by atoms with van der Waals surface area (Å²) in [4.78, 5) is 36.8. The molecule has 1 fully saturated rings. The maximum Gasteiger partial charge on any atom is 0.416 e. The van der Waals surface area contributed by atoms with Crippen LogP contribution in [0.5, 0.6) is 0 Å². The lowest BCUT2D eigenvalue weighted by molar-refractivity contribution is -0.137. The number of rotatable bonds is 5. The molecular formula is C17H14F3N3O3S. The Morgan fingerprint density at radius 3 is 2.67 bits per heavy atom. The number of fused-ring (bicyclic) bond motifs is 1. The summed E-state index contributed by atoms with van der Waals surface area (Å²) in [7, 11) is 0. The van der Waals surface area contributed by atoms with E-state index in [1.165, 1.54) is 6.07 Å². The number of hydrogen-bond donors (Lipinski definition) is 2. The molecule has 142 valence electrons. The Balaban J connectivity index is 1.69. The van der Waals surface area contributed by atoms with Crippen LogP contribution in [0.1, 0.15) is 24.8 Å². The SMILES string of the molecule is N#C[C@H](C(=O)C[C@H]1Sc2ccc(C(F)(F)F)cc2NC1=O)C(=O)NC1CC1. The second-order valence-electron chi connectivity index (χ2n) is 6.32. The van der Waals surface area contributed by atoms with Gasteiger partial charge < -0.3 is 10.6 Å². The molecule has 1 aliphatic carbocycles. The van der Waals surface area contributed by atoms with Crippen LogP contribution in [0.4, 0.5) is 18.9 Å². The number of amides is 2. The summed E-state index contributed by atoms with van der Waals surface area (Å²) in [5.74, 6) is -3.52. The standard InChI is InChI=1S/C17H14F3N3O3S/c18-17(19,20)8-1-4-13-11(5-8)23-16(26)14(27-13)6-12(24)10(7-21)15(25)22-9-2-3-9/h1,4-5,9-10,14H,2-3,6H2,(H,22,25)(H,23,26)/t10-,14-/m1/s1. The number of carbonyl (C=O) groups is 3. The average Bonchev–Trinajstić information content (AvgIpc) is 3.38. The lowest BCUT2D eigenvalue weighted by Crippen LogP contribution is -2.38. The number of halogens is 3. The van der Waals surface area contributed by atoms with Crippen molar-refractivity contribution >= 4 is 35.0 Å². The van der Waals surface area contributed by atoms with Crippen LogP contribution in [0, 0.1) is 17.2 Å². The van der Waals surface area contributed by atoms with E-state index >= 15 is 0 Å².